The minimum absolute atomic E-state index is 0.385. The monoisotopic (exact) mass is 361 g/mol. The second kappa shape index (κ2) is 6.98. The molecule has 0 amide bonds. The fourth-order valence-electron chi connectivity index (χ4n) is 5.87. The number of rotatable bonds is 5. The van der Waals surface area contributed by atoms with Crippen LogP contribution in [0.5, 0.6) is 5.75 Å². The number of benzene rings is 2. The van der Waals surface area contributed by atoms with Gasteiger partial charge in [-0.2, -0.15) is 0 Å². The molecule has 2 saturated carbocycles. The number of methoxy groups -OCH3 is 1. The first kappa shape index (κ1) is 17.3. The third kappa shape index (κ3) is 3.29. The summed E-state index contributed by atoms with van der Waals surface area (Å²) >= 11 is 0. The summed E-state index contributed by atoms with van der Waals surface area (Å²) in [6.45, 7) is 2.57. The molecule has 2 bridgehead atoms. The lowest BCUT2D eigenvalue weighted by Gasteiger charge is -2.51. The molecule has 2 aromatic carbocycles. The molecule has 3 fully saturated rings. The molecule has 0 spiro atoms. The summed E-state index contributed by atoms with van der Waals surface area (Å²) in [4.78, 5) is 2.84. The fraction of sp³-hybridized carbons (Fsp3) is 0.520. The highest BCUT2D eigenvalue weighted by Crippen LogP contribution is 2.51. The number of nitrogens with zero attached hydrogens (tertiary/aromatic N) is 1. The van der Waals surface area contributed by atoms with Gasteiger partial charge < -0.3 is 9.64 Å². The smallest absolute Gasteiger partial charge is 0.119 e. The van der Waals surface area contributed by atoms with E-state index in [0.29, 0.717) is 5.41 Å². The predicted octanol–water partition coefficient (Wildman–Crippen LogP) is 5.39. The van der Waals surface area contributed by atoms with Crippen LogP contribution in [-0.2, 0) is 5.41 Å². The molecule has 3 aliphatic rings. The van der Waals surface area contributed by atoms with E-state index in [1.807, 2.05) is 0 Å². The molecule has 0 radical (unpaired) electrons. The standard InChI is InChI=1S/C25H31NO/c1-27-23-11-5-9-21(16-23)25-12-6-10-22(17-25)26(14-13-25)18-20-15-24(20)19-7-3-2-4-8-19/h2-5,7-9,11,16,20,22,24H,6,10,12-15,17-18H2,1H3/t20-,22+,24+,25-/m0/s1. The highest BCUT2D eigenvalue weighted by Gasteiger charge is 2.46. The number of likely N-dealkylation sites (tertiary alicyclic amines) is 1. The van der Waals surface area contributed by atoms with Gasteiger partial charge in [0.1, 0.15) is 5.75 Å². The quantitative estimate of drug-likeness (QED) is 0.708. The summed E-state index contributed by atoms with van der Waals surface area (Å²) in [5.74, 6) is 2.69. The molecule has 5 rings (SSSR count). The third-order valence-corrected chi connectivity index (χ3v) is 7.51. The van der Waals surface area contributed by atoms with E-state index in [-0.39, 0.29) is 0 Å². The van der Waals surface area contributed by atoms with E-state index >= 15 is 0 Å². The number of piperidine rings is 1. The van der Waals surface area contributed by atoms with Crippen LogP contribution in [0.3, 0.4) is 0 Å². The maximum Gasteiger partial charge on any atom is 0.119 e. The van der Waals surface area contributed by atoms with Gasteiger partial charge in [-0.15, -0.1) is 0 Å². The fourth-order valence-corrected chi connectivity index (χ4v) is 5.87. The van der Waals surface area contributed by atoms with Crippen LogP contribution >= 0.6 is 0 Å². The maximum atomic E-state index is 5.51. The number of ether oxygens (including phenoxy) is 1. The van der Waals surface area contributed by atoms with Crippen LogP contribution in [0.25, 0.3) is 0 Å². The van der Waals surface area contributed by atoms with Crippen LogP contribution in [0.15, 0.2) is 54.6 Å². The summed E-state index contributed by atoms with van der Waals surface area (Å²) in [7, 11) is 1.78. The normalized spacial score (nSPS) is 32.9. The van der Waals surface area contributed by atoms with Crippen LogP contribution in [0.4, 0.5) is 0 Å². The topological polar surface area (TPSA) is 12.5 Å². The van der Waals surface area contributed by atoms with Gasteiger partial charge in [0.15, 0.2) is 0 Å². The summed E-state index contributed by atoms with van der Waals surface area (Å²) in [6.07, 6.45) is 8.12. The Morgan fingerprint density at radius 2 is 1.96 bits per heavy atom. The van der Waals surface area contributed by atoms with Crippen molar-refractivity contribution in [1.82, 2.24) is 4.90 Å². The molecule has 2 heteroatoms. The molecule has 0 unspecified atom stereocenters. The minimum atomic E-state index is 0.385. The van der Waals surface area contributed by atoms with Gasteiger partial charge in [0.2, 0.25) is 0 Å². The van der Waals surface area contributed by atoms with Crippen molar-refractivity contribution in [1.29, 1.82) is 0 Å². The number of hydrogen-bond acceptors (Lipinski definition) is 2. The van der Waals surface area contributed by atoms with Gasteiger partial charge in [-0.25, -0.2) is 0 Å². The Balaban J connectivity index is 1.27. The van der Waals surface area contributed by atoms with E-state index in [1.165, 1.54) is 57.2 Å². The summed E-state index contributed by atoms with van der Waals surface area (Å²) in [5.41, 5.74) is 3.45. The lowest BCUT2D eigenvalue weighted by molar-refractivity contribution is 0.0478. The zero-order valence-corrected chi connectivity index (χ0v) is 16.4. The van der Waals surface area contributed by atoms with Gasteiger partial charge in [-0.1, -0.05) is 48.9 Å². The van der Waals surface area contributed by atoms with Gasteiger partial charge in [-0.3, -0.25) is 0 Å². The first-order valence-corrected chi connectivity index (χ1v) is 10.7. The highest BCUT2D eigenvalue weighted by molar-refractivity contribution is 5.35. The summed E-state index contributed by atoms with van der Waals surface area (Å²) < 4.78 is 5.51. The predicted molar refractivity (Wildman–Crippen MR) is 110 cm³/mol. The van der Waals surface area contributed by atoms with E-state index in [1.54, 1.807) is 12.7 Å². The molecular formula is C25H31NO. The molecule has 2 nitrogen and oxygen atoms in total. The van der Waals surface area contributed by atoms with Crippen LogP contribution in [0.2, 0.25) is 0 Å². The maximum absolute atomic E-state index is 5.51. The zero-order valence-electron chi connectivity index (χ0n) is 16.4. The zero-order chi connectivity index (χ0) is 18.3. The Kier molecular flexibility index (Phi) is 4.47. The molecule has 27 heavy (non-hydrogen) atoms. The van der Waals surface area contributed by atoms with Crippen molar-refractivity contribution in [3.63, 3.8) is 0 Å². The summed E-state index contributed by atoms with van der Waals surface area (Å²) in [5, 5.41) is 0. The Morgan fingerprint density at radius 3 is 2.81 bits per heavy atom. The van der Waals surface area contributed by atoms with Crippen molar-refractivity contribution in [2.24, 2.45) is 5.92 Å². The van der Waals surface area contributed by atoms with E-state index in [2.05, 4.69) is 59.5 Å². The largest absolute Gasteiger partial charge is 0.497 e. The lowest BCUT2D eigenvalue weighted by atomic mass is 9.63. The van der Waals surface area contributed by atoms with Gasteiger partial charge >= 0.3 is 0 Å². The molecule has 1 aliphatic heterocycles. The average Bonchev–Trinajstić information content (AvgIpc) is 3.50. The molecule has 0 aromatic heterocycles. The third-order valence-electron chi connectivity index (χ3n) is 7.51. The van der Waals surface area contributed by atoms with E-state index in [0.717, 1.165) is 23.6 Å². The summed E-state index contributed by atoms with van der Waals surface area (Å²) in [6, 6.07) is 20.8. The molecule has 2 aliphatic carbocycles. The van der Waals surface area contributed by atoms with E-state index in [4.69, 9.17) is 4.74 Å². The Labute approximate surface area is 163 Å². The van der Waals surface area contributed by atoms with Gasteiger partial charge in [0.05, 0.1) is 7.11 Å². The lowest BCUT2D eigenvalue weighted by Crippen LogP contribution is -2.52. The second-order valence-corrected chi connectivity index (χ2v) is 9.02. The van der Waals surface area contributed by atoms with Crippen LogP contribution in [0, 0.1) is 5.92 Å². The van der Waals surface area contributed by atoms with Crippen molar-refractivity contribution in [2.45, 2.75) is 55.9 Å². The molecule has 4 atom stereocenters. The molecule has 2 aromatic rings. The van der Waals surface area contributed by atoms with Crippen molar-refractivity contribution in [3.8, 4) is 5.75 Å². The SMILES string of the molecule is COc1cccc([C@]23CCC[C@H](C2)N(C[C@@H]2C[C@@H]2c2ccccc2)CC3)c1. The molecular weight excluding hydrogens is 330 g/mol. The second-order valence-electron chi connectivity index (χ2n) is 9.02. The van der Waals surface area contributed by atoms with Crippen LogP contribution in [0.1, 0.15) is 55.6 Å². The average molecular weight is 362 g/mol. The van der Waals surface area contributed by atoms with E-state index in [9.17, 15) is 0 Å². The van der Waals surface area contributed by atoms with Crippen molar-refractivity contribution in [3.05, 3.63) is 65.7 Å². The molecule has 1 saturated heterocycles. The van der Waals surface area contributed by atoms with Crippen LogP contribution in [-0.4, -0.2) is 31.1 Å². The molecule has 0 N–H and O–H groups in total. The first-order valence-electron chi connectivity index (χ1n) is 10.7. The molecule has 1 heterocycles. The Morgan fingerprint density at radius 1 is 1.07 bits per heavy atom. The van der Waals surface area contributed by atoms with E-state index < -0.39 is 0 Å². The Hall–Kier alpha value is -1.80. The van der Waals surface area contributed by atoms with Gasteiger partial charge in [0, 0.05) is 12.6 Å². The van der Waals surface area contributed by atoms with Crippen molar-refractivity contribution in [2.75, 3.05) is 20.2 Å². The number of fused-ring (bicyclic) bond motifs is 2. The number of hydrogen-bond donors (Lipinski definition) is 0. The highest BCUT2D eigenvalue weighted by atomic mass is 16.5. The molecule has 142 valence electrons. The first-order chi connectivity index (χ1) is 13.3. The van der Waals surface area contributed by atoms with Crippen molar-refractivity contribution < 1.29 is 4.74 Å². The van der Waals surface area contributed by atoms with Gasteiger partial charge in [-0.05, 0) is 79.2 Å². The van der Waals surface area contributed by atoms with Crippen LogP contribution < -0.4 is 4.74 Å². The van der Waals surface area contributed by atoms with Gasteiger partial charge in [0.25, 0.3) is 0 Å². The minimum Gasteiger partial charge on any atom is -0.497 e. The van der Waals surface area contributed by atoms with Crippen molar-refractivity contribution >= 4 is 0 Å². The Bertz CT molecular complexity index is 788.